The van der Waals surface area contributed by atoms with E-state index < -0.39 is 0 Å². The third-order valence-electron chi connectivity index (χ3n) is 3.13. The molecule has 0 unspecified atom stereocenters. The van der Waals surface area contributed by atoms with Crippen LogP contribution in [0.25, 0.3) is 0 Å². The fourth-order valence-corrected chi connectivity index (χ4v) is 3.34. The molecule has 6 nitrogen and oxygen atoms in total. The standard InChI is InChI=1S/C12H12ClN5OS/c1-17-12(14-15-16-17)20-10-6-7-18(11(10)19)9-5-3-2-4-8(9)13/h2-5,10H,6-7H2,1H3/t10-/m1/s1. The molecule has 0 N–H and O–H groups in total. The van der Waals surface area contributed by atoms with Gasteiger partial charge in [0.25, 0.3) is 0 Å². The number of aryl methyl sites for hydroxylation is 1. The van der Waals surface area contributed by atoms with Crippen LogP contribution in [0.1, 0.15) is 6.42 Å². The number of benzene rings is 1. The lowest BCUT2D eigenvalue weighted by molar-refractivity contribution is -0.116. The summed E-state index contributed by atoms with van der Waals surface area (Å²) >= 11 is 7.54. The van der Waals surface area contributed by atoms with E-state index in [1.165, 1.54) is 11.8 Å². The molecule has 1 saturated heterocycles. The van der Waals surface area contributed by atoms with Gasteiger partial charge >= 0.3 is 0 Å². The van der Waals surface area contributed by atoms with E-state index in [9.17, 15) is 4.79 Å². The zero-order valence-electron chi connectivity index (χ0n) is 10.7. The number of para-hydroxylation sites is 1. The molecule has 0 radical (unpaired) electrons. The zero-order chi connectivity index (χ0) is 14.1. The van der Waals surface area contributed by atoms with Crippen molar-refractivity contribution in [1.82, 2.24) is 20.2 Å². The van der Waals surface area contributed by atoms with Gasteiger partial charge in [-0.25, -0.2) is 4.68 Å². The van der Waals surface area contributed by atoms with Crippen LogP contribution in [0.5, 0.6) is 0 Å². The van der Waals surface area contributed by atoms with Crippen LogP contribution in [-0.4, -0.2) is 37.9 Å². The fourth-order valence-electron chi connectivity index (χ4n) is 2.12. The molecule has 1 aliphatic heterocycles. The molecule has 0 spiro atoms. The lowest BCUT2D eigenvalue weighted by Crippen LogP contribution is -2.28. The summed E-state index contributed by atoms with van der Waals surface area (Å²) in [6, 6.07) is 7.37. The Kier molecular flexibility index (Phi) is 3.62. The Morgan fingerprint density at radius 3 is 2.90 bits per heavy atom. The fraction of sp³-hybridized carbons (Fsp3) is 0.333. The number of rotatable bonds is 3. The molecule has 1 atom stereocenters. The number of halogens is 1. The van der Waals surface area contributed by atoms with Gasteiger partial charge in [-0.05, 0) is 29.0 Å². The van der Waals surface area contributed by atoms with E-state index in [1.54, 1.807) is 22.7 Å². The number of carbonyl (C=O) groups is 1. The van der Waals surface area contributed by atoms with Gasteiger partial charge in [-0.15, -0.1) is 5.10 Å². The molecule has 1 fully saturated rings. The van der Waals surface area contributed by atoms with E-state index >= 15 is 0 Å². The normalized spacial score (nSPS) is 18.8. The first-order valence-electron chi connectivity index (χ1n) is 6.12. The molecular formula is C12H12ClN5OS. The summed E-state index contributed by atoms with van der Waals surface area (Å²) in [6.07, 6.45) is 0.752. The van der Waals surface area contributed by atoms with Crippen LogP contribution < -0.4 is 4.90 Å². The molecule has 8 heteroatoms. The molecule has 2 aromatic rings. The predicted molar refractivity (Wildman–Crippen MR) is 76.9 cm³/mol. The van der Waals surface area contributed by atoms with Gasteiger partial charge < -0.3 is 4.90 Å². The van der Waals surface area contributed by atoms with Crippen LogP contribution in [0.4, 0.5) is 5.69 Å². The highest BCUT2D eigenvalue weighted by Gasteiger charge is 2.35. The highest BCUT2D eigenvalue weighted by atomic mass is 35.5. The average molecular weight is 310 g/mol. The molecule has 0 aliphatic carbocycles. The largest absolute Gasteiger partial charge is 0.310 e. The number of tetrazole rings is 1. The SMILES string of the molecule is Cn1nnnc1S[C@@H]1CCN(c2ccccc2Cl)C1=O. The maximum atomic E-state index is 12.5. The van der Waals surface area contributed by atoms with Crippen molar-refractivity contribution < 1.29 is 4.79 Å². The number of carbonyl (C=O) groups excluding carboxylic acids is 1. The monoisotopic (exact) mass is 309 g/mol. The van der Waals surface area contributed by atoms with Crippen molar-refractivity contribution in [2.45, 2.75) is 16.8 Å². The first-order chi connectivity index (χ1) is 9.66. The van der Waals surface area contributed by atoms with E-state index in [2.05, 4.69) is 15.5 Å². The van der Waals surface area contributed by atoms with Crippen molar-refractivity contribution in [1.29, 1.82) is 0 Å². The number of thioether (sulfide) groups is 1. The molecule has 3 rings (SSSR count). The highest BCUT2D eigenvalue weighted by molar-refractivity contribution is 8.00. The molecule has 20 heavy (non-hydrogen) atoms. The number of nitrogens with zero attached hydrogens (tertiary/aromatic N) is 5. The van der Waals surface area contributed by atoms with E-state index in [0.717, 1.165) is 12.1 Å². The van der Waals surface area contributed by atoms with Gasteiger partial charge in [0.2, 0.25) is 11.1 Å². The van der Waals surface area contributed by atoms with Crippen molar-refractivity contribution in [3.63, 3.8) is 0 Å². The van der Waals surface area contributed by atoms with E-state index in [0.29, 0.717) is 16.7 Å². The van der Waals surface area contributed by atoms with Crippen LogP contribution in [0, 0.1) is 0 Å². The van der Waals surface area contributed by atoms with Crippen LogP contribution >= 0.6 is 23.4 Å². The number of hydrogen-bond donors (Lipinski definition) is 0. The molecule has 0 saturated carbocycles. The average Bonchev–Trinajstić information content (AvgIpc) is 2.99. The number of amides is 1. The predicted octanol–water partition coefficient (Wildman–Crippen LogP) is 1.76. The molecular weight excluding hydrogens is 298 g/mol. The minimum atomic E-state index is -0.170. The van der Waals surface area contributed by atoms with Gasteiger partial charge in [-0.3, -0.25) is 4.79 Å². The molecule has 2 heterocycles. The Morgan fingerprint density at radius 1 is 1.40 bits per heavy atom. The smallest absolute Gasteiger partial charge is 0.240 e. The molecule has 1 aromatic heterocycles. The lowest BCUT2D eigenvalue weighted by Gasteiger charge is -2.17. The quantitative estimate of drug-likeness (QED) is 0.864. The molecule has 104 valence electrons. The Balaban J connectivity index is 1.78. The summed E-state index contributed by atoms with van der Waals surface area (Å²) in [6.45, 7) is 0.658. The topological polar surface area (TPSA) is 63.9 Å². The van der Waals surface area contributed by atoms with E-state index in [4.69, 9.17) is 11.6 Å². The highest BCUT2D eigenvalue weighted by Crippen LogP contribution is 2.34. The second-order valence-corrected chi connectivity index (χ2v) is 6.00. The van der Waals surface area contributed by atoms with Crippen LogP contribution in [0.3, 0.4) is 0 Å². The summed E-state index contributed by atoms with van der Waals surface area (Å²) in [5.41, 5.74) is 0.762. The summed E-state index contributed by atoms with van der Waals surface area (Å²) in [4.78, 5) is 14.2. The minimum Gasteiger partial charge on any atom is -0.310 e. The van der Waals surface area contributed by atoms with E-state index in [-0.39, 0.29) is 11.2 Å². The third-order valence-corrected chi connectivity index (χ3v) is 4.73. The van der Waals surface area contributed by atoms with Gasteiger partial charge in [-0.2, -0.15) is 0 Å². The Labute approximate surface area is 125 Å². The van der Waals surface area contributed by atoms with Crippen molar-refractivity contribution in [3.8, 4) is 0 Å². The van der Waals surface area contributed by atoms with Crippen LogP contribution in [-0.2, 0) is 11.8 Å². The molecule has 1 aliphatic rings. The molecule has 1 amide bonds. The third kappa shape index (κ3) is 2.38. The van der Waals surface area contributed by atoms with Crippen molar-refractivity contribution in [2.75, 3.05) is 11.4 Å². The van der Waals surface area contributed by atoms with E-state index in [1.807, 2.05) is 18.2 Å². The van der Waals surface area contributed by atoms with Crippen LogP contribution in [0.2, 0.25) is 5.02 Å². The maximum absolute atomic E-state index is 12.5. The lowest BCUT2D eigenvalue weighted by atomic mass is 10.3. The molecule has 0 bridgehead atoms. The van der Waals surface area contributed by atoms with Crippen molar-refractivity contribution in [2.24, 2.45) is 7.05 Å². The number of hydrogen-bond acceptors (Lipinski definition) is 5. The maximum Gasteiger partial charge on any atom is 0.240 e. The van der Waals surface area contributed by atoms with Crippen LogP contribution in [0.15, 0.2) is 29.4 Å². The van der Waals surface area contributed by atoms with Crippen molar-refractivity contribution >= 4 is 35.0 Å². The number of aromatic nitrogens is 4. The van der Waals surface area contributed by atoms with Gasteiger partial charge in [0, 0.05) is 13.6 Å². The summed E-state index contributed by atoms with van der Waals surface area (Å²) in [5, 5.41) is 12.3. The number of anilines is 1. The Bertz CT molecular complexity index is 646. The van der Waals surface area contributed by atoms with Crippen molar-refractivity contribution in [3.05, 3.63) is 29.3 Å². The summed E-state index contributed by atoms with van der Waals surface area (Å²) in [7, 11) is 1.76. The van der Waals surface area contributed by atoms with Gasteiger partial charge in [0.15, 0.2) is 0 Å². The Hall–Kier alpha value is -1.60. The van der Waals surface area contributed by atoms with Gasteiger partial charge in [0.1, 0.15) is 0 Å². The second-order valence-electron chi connectivity index (χ2n) is 4.42. The summed E-state index contributed by atoms with van der Waals surface area (Å²) < 4.78 is 1.57. The molecule has 1 aromatic carbocycles. The minimum absolute atomic E-state index is 0.0473. The summed E-state index contributed by atoms with van der Waals surface area (Å²) in [5.74, 6) is 0.0473. The van der Waals surface area contributed by atoms with Gasteiger partial charge in [-0.1, -0.05) is 35.5 Å². The Morgan fingerprint density at radius 2 is 2.20 bits per heavy atom. The second kappa shape index (κ2) is 5.41. The zero-order valence-corrected chi connectivity index (χ0v) is 12.3. The first-order valence-corrected chi connectivity index (χ1v) is 7.37. The van der Waals surface area contributed by atoms with Gasteiger partial charge in [0.05, 0.1) is 16.0 Å². The first kappa shape index (κ1) is 13.4.